The fourth-order valence-electron chi connectivity index (χ4n) is 3.19. The highest BCUT2D eigenvalue weighted by Gasteiger charge is 2.18. The number of esters is 2. The monoisotopic (exact) mass is 363 g/mol. The van der Waals surface area contributed by atoms with Gasteiger partial charge in [0, 0.05) is 5.69 Å². The van der Waals surface area contributed by atoms with Gasteiger partial charge in [-0.15, -0.1) is 0 Å². The van der Waals surface area contributed by atoms with Gasteiger partial charge in [0.2, 0.25) is 0 Å². The van der Waals surface area contributed by atoms with Gasteiger partial charge in [-0.2, -0.15) is 0 Å². The standard InChI is InChI=1S/C19H26N2O5/c1-25-18(23)14-10-15(19(24)26-2)12-16(11-14)20-17(22)13-21-8-6-4-3-5-7-9-21/h10-12H,3-9,13H2,1-2H3,(H,20,22)/p+1. The highest BCUT2D eigenvalue weighted by Crippen LogP contribution is 2.17. The number of ether oxygens (including phenoxy) is 2. The van der Waals surface area contributed by atoms with E-state index in [-0.39, 0.29) is 17.0 Å². The molecule has 1 heterocycles. The van der Waals surface area contributed by atoms with E-state index in [9.17, 15) is 14.4 Å². The average molecular weight is 363 g/mol. The Hall–Kier alpha value is -2.41. The molecule has 0 aliphatic carbocycles. The normalized spacial score (nSPS) is 15.5. The molecule has 1 aliphatic rings. The van der Waals surface area contributed by atoms with Crippen LogP contribution < -0.4 is 10.2 Å². The summed E-state index contributed by atoms with van der Waals surface area (Å²) in [6.07, 6.45) is 5.97. The van der Waals surface area contributed by atoms with Crippen LogP contribution in [0.1, 0.15) is 52.8 Å². The maximum atomic E-state index is 12.4. The molecule has 0 aromatic heterocycles. The molecule has 0 radical (unpaired) electrons. The zero-order valence-corrected chi connectivity index (χ0v) is 15.4. The first-order chi connectivity index (χ1) is 12.5. The van der Waals surface area contributed by atoms with E-state index in [2.05, 4.69) is 5.32 Å². The Morgan fingerprint density at radius 3 is 1.88 bits per heavy atom. The van der Waals surface area contributed by atoms with Crippen LogP contribution in [0.15, 0.2) is 18.2 Å². The number of hydrogen-bond acceptors (Lipinski definition) is 5. The van der Waals surface area contributed by atoms with Crippen molar-refractivity contribution >= 4 is 23.5 Å². The molecular weight excluding hydrogens is 336 g/mol. The summed E-state index contributed by atoms with van der Waals surface area (Å²) in [4.78, 5) is 37.3. The Bertz CT molecular complexity index is 617. The number of methoxy groups -OCH3 is 2. The molecule has 7 nitrogen and oxygen atoms in total. The van der Waals surface area contributed by atoms with Crippen molar-refractivity contribution in [2.75, 3.05) is 39.2 Å². The van der Waals surface area contributed by atoms with E-state index < -0.39 is 11.9 Å². The first-order valence-corrected chi connectivity index (χ1v) is 8.98. The second-order valence-corrected chi connectivity index (χ2v) is 6.52. The van der Waals surface area contributed by atoms with Crippen molar-refractivity contribution in [1.29, 1.82) is 0 Å². The van der Waals surface area contributed by atoms with Gasteiger partial charge in [0.15, 0.2) is 6.54 Å². The van der Waals surface area contributed by atoms with Crippen molar-refractivity contribution in [3.05, 3.63) is 29.3 Å². The third-order valence-corrected chi connectivity index (χ3v) is 4.53. The molecule has 2 rings (SSSR count). The van der Waals surface area contributed by atoms with Crippen LogP contribution in [0.2, 0.25) is 0 Å². The largest absolute Gasteiger partial charge is 0.465 e. The topological polar surface area (TPSA) is 86.1 Å². The second kappa shape index (κ2) is 9.91. The van der Waals surface area contributed by atoms with Crippen LogP contribution in [-0.2, 0) is 14.3 Å². The number of carbonyl (C=O) groups excluding carboxylic acids is 3. The number of hydrogen-bond donors (Lipinski definition) is 2. The van der Waals surface area contributed by atoms with E-state index in [1.54, 1.807) is 0 Å². The highest BCUT2D eigenvalue weighted by atomic mass is 16.5. The number of likely N-dealkylation sites (tertiary alicyclic amines) is 1. The lowest BCUT2D eigenvalue weighted by Gasteiger charge is -2.21. The first-order valence-electron chi connectivity index (χ1n) is 8.98. The lowest BCUT2D eigenvalue weighted by molar-refractivity contribution is -0.892. The number of nitrogens with one attached hydrogen (secondary N) is 2. The van der Waals surface area contributed by atoms with Gasteiger partial charge in [-0.05, 0) is 43.9 Å². The maximum absolute atomic E-state index is 12.4. The Morgan fingerprint density at radius 1 is 0.885 bits per heavy atom. The summed E-state index contributed by atoms with van der Waals surface area (Å²) in [5, 5.41) is 2.79. The Kier molecular flexibility index (Phi) is 7.59. The molecule has 1 aromatic carbocycles. The van der Waals surface area contributed by atoms with E-state index in [0.29, 0.717) is 12.2 Å². The van der Waals surface area contributed by atoms with Crippen LogP contribution in [0, 0.1) is 0 Å². The predicted molar refractivity (Wildman–Crippen MR) is 96.4 cm³/mol. The SMILES string of the molecule is COC(=O)c1cc(NC(=O)C[NH+]2CCCCCCC2)cc(C(=O)OC)c1. The Labute approximate surface area is 153 Å². The van der Waals surface area contributed by atoms with Crippen LogP contribution in [0.4, 0.5) is 5.69 Å². The molecule has 0 atom stereocenters. The van der Waals surface area contributed by atoms with Crippen molar-refractivity contribution in [2.45, 2.75) is 32.1 Å². The summed E-state index contributed by atoms with van der Waals surface area (Å²) in [5.74, 6) is -1.31. The van der Waals surface area contributed by atoms with Crippen molar-refractivity contribution in [1.82, 2.24) is 0 Å². The fourth-order valence-corrected chi connectivity index (χ4v) is 3.19. The van der Waals surface area contributed by atoms with Crippen LogP contribution in [0.5, 0.6) is 0 Å². The number of rotatable bonds is 5. The molecule has 0 bridgehead atoms. The fraction of sp³-hybridized carbons (Fsp3) is 0.526. The summed E-state index contributed by atoms with van der Waals surface area (Å²) in [6.45, 7) is 2.35. The molecule has 1 aromatic rings. The number of benzene rings is 1. The van der Waals surface area contributed by atoms with Crippen LogP contribution in [0.25, 0.3) is 0 Å². The van der Waals surface area contributed by atoms with Crippen LogP contribution in [0.3, 0.4) is 0 Å². The Balaban J connectivity index is 2.09. The average Bonchev–Trinajstić information content (AvgIpc) is 2.62. The predicted octanol–water partition coefficient (Wildman–Crippen LogP) is 1.05. The summed E-state index contributed by atoms with van der Waals surface area (Å²) >= 11 is 0. The van der Waals surface area contributed by atoms with Crippen molar-refractivity contribution in [3.63, 3.8) is 0 Å². The molecule has 1 saturated heterocycles. The molecule has 1 fully saturated rings. The van der Waals surface area contributed by atoms with Gasteiger partial charge >= 0.3 is 11.9 Å². The third kappa shape index (κ3) is 5.84. The molecule has 2 N–H and O–H groups in total. The molecule has 7 heteroatoms. The highest BCUT2D eigenvalue weighted by molar-refractivity contribution is 5.99. The summed E-state index contributed by atoms with van der Waals surface area (Å²) in [6, 6.07) is 4.38. The third-order valence-electron chi connectivity index (χ3n) is 4.53. The van der Waals surface area contributed by atoms with Crippen molar-refractivity contribution < 1.29 is 28.8 Å². The molecule has 1 amide bonds. The van der Waals surface area contributed by atoms with E-state index in [1.807, 2.05) is 0 Å². The van der Waals surface area contributed by atoms with Crippen LogP contribution in [-0.4, -0.2) is 51.7 Å². The summed E-state index contributed by atoms with van der Waals surface area (Å²) in [5.41, 5.74) is 0.748. The minimum atomic E-state index is -0.583. The van der Waals surface area contributed by atoms with Crippen molar-refractivity contribution in [2.24, 2.45) is 0 Å². The molecule has 1 aliphatic heterocycles. The molecule has 0 unspecified atom stereocenters. The van der Waals surface area contributed by atoms with Gasteiger partial charge in [0.25, 0.3) is 5.91 Å². The van der Waals surface area contributed by atoms with Gasteiger partial charge in [0.05, 0.1) is 38.4 Å². The zero-order valence-electron chi connectivity index (χ0n) is 15.4. The van der Waals surface area contributed by atoms with Gasteiger partial charge in [-0.1, -0.05) is 6.42 Å². The second-order valence-electron chi connectivity index (χ2n) is 6.52. The maximum Gasteiger partial charge on any atom is 0.337 e. The molecule has 0 saturated carbocycles. The number of anilines is 1. The van der Waals surface area contributed by atoms with E-state index in [0.717, 1.165) is 25.9 Å². The Morgan fingerprint density at radius 2 is 1.38 bits per heavy atom. The molecule has 142 valence electrons. The number of quaternary nitrogens is 1. The summed E-state index contributed by atoms with van der Waals surface area (Å²) < 4.78 is 9.41. The van der Waals surface area contributed by atoms with Gasteiger partial charge in [-0.3, -0.25) is 4.79 Å². The molecule has 26 heavy (non-hydrogen) atoms. The lowest BCUT2D eigenvalue weighted by atomic mass is 10.1. The summed E-state index contributed by atoms with van der Waals surface area (Å²) in [7, 11) is 2.52. The minimum Gasteiger partial charge on any atom is -0.465 e. The first kappa shape index (κ1) is 19.9. The smallest absolute Gasteiger partial charge is 0.337 e. The quantitative estimate of drug-likeness (QED) is 0.764. The van der Waals surface area contributed by atoms with E-state index in [4.69, 9.17) is 9.47 Å². The molecule has 0 spiro atoms. The number of carbonyl (C=O) groups is 3. The van der Waals surface area contributed by atoms with Gasteiger partial charge in [0.1, 0.15) is 0 Å². The van der Waals surface area contributed by atoms with Crippen LogP contribution >= 0.6 is 0 Å². The zero-order chi connectivity index (χ0) is 18.9. The van der Waals surface area contributed by atoms with Gasteiger partial charge in [-0.25, -0.2) is 9.59 Å². The molecular formula is C19H27N2O5+. The lowest BCUT2D eigenvalue weighted by Crippen LogP contribution is -3.13. The number of amides is 1. The van der Waals surface area contributed by atoms with E-state index >= 15 is 0 Å². The van der Waals surface area contributed by atoms with E-state index in [1.165, 1.54) is 56.6 Å². The van der Waals surface area contributed by atoms with Crippen molar-refractivity contribution in [3.8, 4) is 0 Å². The van der Waals surface area contributed by atoms with Gasteiger partial charge < -0.3 is 19.7 Å². The minimum absolute atomic E-state index is 0.140.